The highest BCUT2D eigenvalue weighted by Crippen LogP contribution is 2.40. The third-order valence-electron chi connectivity index (χ3n) is 13.0. The second kappa shape index (κ2) is 14.9. The highest BCUT2D eigenvalue weighted by Gasteiger charge is 2.19. The van der Waals surface area contributed by atoms with E-state index in [0.29, 0.717) is 0 Å². The van der Waals surface area contributed by atoms with Crippen molar-refractivity contribution in [2.45, 2.75) is 13.8 Å². The van der Waals surface area contributed by atoms with Crippen LogP contribution in [0.5, 0.6) is 0 Å². The molecule has 7 aromatic heterocycles. The Labute approximate surface area is 379 Å². The van der Waals surface area contributed by atoms with Crippen LogP contribution in [0, 0.1) is 13.8 Å². The van der Waals surface area contributed by atoms with E-state index in [1.807, 2.05) is 61.2 Å². The fraction of sp³-hybridized carbons (Fsp3) is 0.0345. The molecule has 13 aromatic rings. The number of aryl methyl sites for hydroxylation is 2. The summed E-state index contributed by atoms with van der Waals surface area (Å²) in [7, 11) is 0. The SMILES string of the molecule is Cc1cc(-c2ccc(-c3cc(C)c4c(c3)c3ccccc3n4-c3ccc(-c4ccnc5cccnc45)cc3)nn2)cc2c3ccccc3n(-c3ccc(-c4ccnc5cccnc45)cc3)c12. The van der Waals surface area contributed by atoms with Gasteiger partial charge in [-0.3, -0.25) is 19.9 Å². The van der Waals surface area contributed by atoms with Gasteiger partial charge in [-0.1, -0.05) is 60.7 Å². The highest BCUT2D eigenvalue weighted by molar-refractivity contribution is 6.13. The molecule has 13 rings (SSSR count). The molecule has 0 aliphatic rings. The maximum absolute atomic E-state index is 4.88. The van der Waals surface area contributed by atoms with E-state index in [9.17, 15) is 0 Å². The molecule has 0 radical (unpaired) electrons. The van der Waals surface area contributed by atoms with E-state index in [1.165, 1.54) is 32.6 Å². The molecule has 0 spiro atoms. The molecule has 0 atom stereocenters. The summed E-state index contributed by atoms with van der Waals surface area (Å²) in [5, 5.41) is 14.5. The molecule has 0 aliphatic heterocycles. The molecule has 0 N–H and O–H groups in total. The first-order valence-electron chi connectivity index (χ1n) is 22.1. The van der Waals surface area contributed by atoms with Crippen molar-refractivity contribution < 1.29 is 0 Å². The van der Waals surface area contributed by atoms with Crippen LogP contribution in [0.2, 0.25) is 0 Å². The zero-order valence-electron chi connectivity index (χ0n) is 36.1. The summed E-state index contributed by atoms with van der Waals surface area (Å²) in [6.45, 7) is 4.38. The number of pyridine rings is 4. The van der Waals surface area contributed by atoms with Gasteiger partial charge in [0.15, 0.2) is 0 Å². The van der Waals surface area contributed by atoms with E-state index in [0.717, 1.165) is 100 Å². The number of fused-ring (bicyclic) bond motifs is 8. The summed E-state index contributed by atoms with van der Waals surface area (Å²) in [4.78, 5) is 18.3. The molecular formula is C58H38N8. The monoisotopic (exact) mass is 846 g/mol. The average Bonchev–Trinajstić information content (AvgIpc) is 3.90. The Balaban J connectivity index is 0.851. The van der Waals surface area contributed by atoms with Gasteiger partial charge in [0.2, 0.25) is 0 Å². The maximum atomic E-state index is 4.88. The molecule has 66 heavy (non-hydrogen) atoms. The molecule has 0 bridgehead atoms. The van der Waals surface area contributed by atoms with Gasteiger partial charge in [0.1, 0.15) is 0 Å². The lowest BCUT2D eigenvalue weighted by Gasteiger charge is -2.13. The number of hydrogen-bond donors (Lipinski definition) is 0. The first-order valence-corrected chi connectivity index (χ1v) is 22.1. The summed E-state index contributed by atoms with van der Waals surface area (Å²) in [6, 6.07) is 59.9. The van der Waals surface area contributed by atoms with E-state index >= 15 is 0 Å². The Kier molecular flexibility index (Phi) is 8.48. The Bertz CT molecular complexity index is 3780. The zero-order chi connectivity index (χ0) is 43.9. The summed E-state index contributed by atoms with van der Waals surface area (Å²) in [5.41, 5.74) is 20.8. The fourth-order valence-corrected chi connectivity index (χ4v) is 10.1. The van der Waals surface area contributed by atoms with Crippen LogP contribution in [0.3, 0.4) is 0 Å². The Morgan fingerprint density at radius 1 is 0.348 bits per heavy atom. The van der Waals surface area contributed by atoms with Crippen LogP contribution >= 0.6 is 0 Å². The highest BCUT2D eigenvalue weighted by atomic mass is 15.1. The Morgan fingerprint density at radius 3 is 1.23 bits per heavy atom. The molecule has 0 fully saturated rings. The van der Waals surface area contributed by atoms with Crippen LogP contribution in [0.25, 0.3) is 122 Å². The smallest absolute Gasteiger partial charge is 0.0964 e. The van der Waals surface area contributed by atoms with Crippen molar-refractivity contribution in [3.05, 3.63) is 206 Å². The molecule has 6 aromatic carbocycles. The van der Waals surface area contributed by atoms with Gasteiger partial charge in [-0.25, -0.2) is 0 Å². The summed E-state index contributed by atoms with van der Waals surface area (Å²) in [5.74, 6) is 0. The van der Waals surface area contributed by atoms with Gasteiger partial charge in [0.25, 0.3) is 0 Å². The molecule has 0 aliphatic carbocycles. The molecule has 0 amide bonds. The number of rotatable bonds is 6. The predicted octanol–water partition coefficient (Wildman–Crippen LogP) is 13.8. The van der Waals surface area contributed by atoms with Gasteiger partial charge < -0.3 is 9.13 Å². The van der Waals surface area contributed by atoms with Crippen LogP contribution < -0.4 is 0 Å². The lowest BCUT2D eigenvalue weighted by molar-refractivity contribution is 1.04. The van der Waals surface area contributed by atoms with Crippen molar-refractivity contribution in [2.75, 3.05) is 0 Å². The van der Waals surface area contributed by atoms with E-state index in [2.05, 4.69) is 176 Å². The summed E-state index contributed by atoms with van der Waals surface area (Å²) >= 11 is 0. The molecule has 0 saturated carbocycles. The van der Waals surface area contributed by atoms with Crippen LogP contribution in [-0.2, 0) is 0 Å². The van der Waals surface area contributed by atoms with Gasteiger partial charge in [0.05, 0.1) is 55.5 Å². The standard InChI is InChI=1S/C58H38N8/c1-35-31-39(33-47-45-9-3-5-13-53(45)65(57(35)47)41-19-15-37(16-20-41)43-25-29-59-51-11-7-27-61-55(43)51)49-23-24-50(64-63-49)40-32-36(2)58-48(34-40)46-10-4-6-14-54(46)66(58)42-21-17-38(18-22-42)44-26-30-60-52-12-8-28-62-56(44)52/h3-34H,1-2H3. The minimum Gasteiger partial charge on any atom is -0.309 e. The second-order valence-electron chi connectivity index (χ2n) is 16.9. The summed E-state index contributed by atoms with van der Waals surface area (Å²) in [6.07, 6.45) is 7.35. The molecule has 7 heterocycles. The minimum atomic E-state index is 0.830. The minimum absolute atomic E-state index is 0.830. The average molecular weight is 847 g/mol. The zero-order valence-corrected chi connectivity index (χ0v) is 36.1. The molecule has 0 saturated heterocycles. The fourth-order valence-electron chi connectivity index (χ4n) is 10.1. The van der Waals surface area contributed by atoms with Crippen molar-refractivity contribution in [3.63, 3.8) is 0 Å². The third kappa shape index (κ3) is 5.92. The van der Waals surface area contributed by atoms with Gasteiger partial charge >= 0.3 is 0 Å². The maximum Gasteiger partial charge on any atom is 0.0964 e. The number of benzene rings is 6. The lowest BCUT2D eigenvalue weighted by atomic mass is 10.0. The largest absolute Gasteiger partial charge is 0.309 e. The van der Waals surface area contributed by atoms with Crippen molar-refractivity contribution in [3.8, 4) is 56.1 Å². The van der Waals surface area contributed by atoms with Crippen molar-refractivity contribution in [1.29, 1.82) is 0 Å². The second-order valence-corrected chi connectivity index (χ2v) is 16.9. The number of aromatic nitrogens is 8. The lowest BCUT2D eigenvalue weighted by Crippen LogP contribution is -1.97. The van der Waals surface area contributed by atoms with Gasteiger partial charge in [0, 0.05) is 80.0 Å². The van der Waals surface area contributed by atoms with Crippen LogP contribution in [0.4, 0.5) is 0 Å². The molecule has 310 valence electrons. The molecular weight excluding hydrogens is 809 g/mol. The van der Waals surface area contributed by atoms with Crippen molar-refractivity contribution in [1.82, 2.24) is 39.3 Å². The van der Waals surface area contributed by atoms with E-state index < -0.39 is 0 Å². The number of nitrogens with zero attached hydrogens (tertiary/aromatic N) is 8. The normalized spacial score (nSPS) is 11.8. The van der Waals surface area contributed by atoms with E-state index in [4.69, 9.17) is 10.2 Å². The first kappa shape index (κ1) is 37.7. The predicted molar refractivity (Wildman–Crippen MR) is 268 cm³/mol. The summed E-state index contributed by atoms with van der Waals surface area (Å²) < 4.78 is 4.75. The van der Waals surface area contributed by atoms with Crippen LogP contribution in [0.15, 0.2) is 195 Å². The van der Waals surface area contributed by atoms with Gasteiger partial charge in [-0.15, -0.1) is 10.2 Å². The Hall–Kier alpha value is -8.88. The first-order chi connectivity index (χ1) is 32.6. The molecule has 8 nitrogen and oxygen atoms in total. The van der Waals surface area contributed by atoms with Crippen LogP contribution in [0.1, 0.15) is 11.1 Å². The third-order valence-corrected chi connectivity index (χ3v) is 13.0. The number of para-hydroxylation sites is 2. The number of hydrogen-bond acceptors (Lipinski definition) is 6. The van der Waals surface area contributed by atoms with Crippen molar-refractivity contribution in [2.24, 2.45) is 0 Å². The topological polar surface area (TPSA) is 87.2 Å². The Morgan fingerprint density at radius 2 is 0.788 bits per heavy atom. The van der Waals surface area contributed by atoms with E-state index in [1.54, 1.807) is 0 Å². The molecule has 8 heteroatoms. The van der Waals surface area contributed by atoms with Crippen molar-refractivity contribution >= 4 is 65.7 Å². The molecule has 0 unspecified atom stereocenters. The quantitative estimate of drug-likeness (QED) is 0.166. The van der Waals surface area contributed by atoms with E-state index in [-0.39, 0.29) is 0 Å². The van der Waals surface area contributed by atoms with Crippen LogP contribution in [-0.4, -0.2) is 39.3 Å². The van der Waals surface area contributed by atoms with Gasteiger partial charge in [-0.05, 0) is 145 Å². The van der Waals surface area contributed by atoms with Gasteiger partial charge in [-0.2, -0.15) is 0 Å².